The first kappa shape index (κ1) is 20.7. The predicted molar refractivity (Wildman–Crippen MR) is 85.8 cm³/mol. The van der Waals surface area contributed by atoms with Gasteiger partial charge in [-0.2, -0.15) is 13.2 Å². The van der Waals surface area contributed by atoms with Crippen LogP contribution in [0.5, 0.6) is 0 Å². The van der Waals surface area contributed by atoms with E-state index in [1.54, 1.807) is 0 Å². The van der Waals surface area contributed by atoms with Gasteiger partial charge in [0, 0.05) is 18.7 Å². The molecule has 1 aromatic rings. The SMILES string of the molecule is CNCCC1CCN(C(=O)c2cc(F)cc(C(F)(F)F)c2)CC1.Cl. The second-order valence-electron chi connectivity index (χ2n) is 5.85. The van der Waals surface area contributed by atoms with E-state index in [4.69, 9.17) is 0 Å². The number of piperidine rings is 1. The Morgan fingerprint density at radius 2 is 1.88 bits per heavy atom. The van der Waals surface area contributed by atoms with Crippen molar-refractivity contribution in [1.82, 2.24) is 10.2 Å². The molecule has 1 heterocycles. The minimum atomic E-state index is -4.67. The van der Waals surface area contributed by atoms with E-state index in [2.05, 4.69) is 5.32 Å². The van der Waals surface area contributed by atoms with Crippen LogP contribution in [0.1, 0.15) is 35.2 Å². The minimum absolute atomic E-state index is 0. The third-order valence-corrected chi connectivity index (χ3v) is 4.18. The highest BCUT2D eigenvalue weighted by molar-refractivity contribution is 5.94. The summed E-state index contributed by atoms with van der Waals surface area (Å²) in [6, 6.07) is 1.99. The zero-order valence-corrected chi connectivity index (χ0v) is 14.1. The molecule has 24 heavy (non-hydrogen) atoms. The van der Waals surface area contributed by atoms with Crippen molar-refractivity contribution >= 4 is 18.3 Å². The van der Waals surface area contributed by atoms with Gasteiger partial charge in [-0.1, -0.05) is 0 Å². The lowest BCUT2D eigenvalue weighted by molar-refractivity contribution is -0.137. The van der Waals surface area contributed by atoms with E-state index in [-0.39, 0.29) is 18.0 Å². The van der Waals surface area contributed by atoms with Gasteiger partial charge in [-0.05, 0) is 57.0 Å². The lowest BCUT2D eigenvalue weighted by atomic mass is 9.93. The summed E-state index contributed by atoms with van der Waals surface area (Å²) in [5.41, 5.74) is -1.38. The maximum absolute atomic E-state index is 13.4. The van der Waals surface area contributed by atoms with Gasteiger partial charge in [-0.25, -0.2) is 4.39 Å². The topological polar surface area (TPSA) is 32.3 Å². The Morgan fingerprint density at radius 3 is 2.42 bits per heavy atom. The van der Waals surface area contributed by atoms with E-state index in [1.807, 2.05) is 7.05 Å². The molecule has 0 bridgehead atoms. The van der Waals surface area contributed by atoms with Crippen molar-refractivity contribution in [3.63, 3.8) is 0 Å². The Bertz CT molecular complexity index is 557. The summed E-state index contributed by atoms with van der Waals surface area (Å²) in [7, 11) is 1.88. The van der Waals surface area contributed by atoms with Crippen LogP contribution in [-0.4, -0.2) is 37.5 Å². The van der Waals surface area contributed by atoms with Gasteiger partial charge in [-0.15, -0.1) is 12.4 Å². The average Bonchev–Trinajstić information content (AvgIpc) is 2.51. The van der Waals surface area contributed by atoms with Gasteiger partial charge in [-0.3, -0.25) is 4.79 Å². The molecule has 1 amide bonds. The highest BCUT2D eigenvalue weighted by Crippen LogP contribution is 2.31. The van der Waals surface area contributed by atoms with Gasteiger partial charge in [0.1, 0.15) is 5.82 Å². The highest BCUT2D eigenvalue weighted by atomic mass is 35.5. The Hall–Kier alpha value is -1.34. The van der Waals surface area contributed by atoms with Crippen molar-refractivity contribution in [3.05, 3.63) is 35.1 Å². The number of likely N-dealkylation sites (tertiary alicyclic amines) is 1. The second kappa shape index (κ2) is 8.67. The number of carbonyl (C=O) groups excluding carboxylic acids is 1. The monoisotopic (exact) mass is 368 g/mol. The van der Waals surface area contributed by atoms with Crippen LogP contribution < -0.4 is 5.32 Å². The summed E-state index contributed by atoms with van der Waals surface area (Å²) in [5.74, 6) is -1.08. The van der Waals surface area contributed by atoms with Crippen molar-refractivity contribution in [3.8, 4) is 0 Å². The molecule has 0 unspecified atom stereocenters. The molecule has 0 saturated carbocycles. The van der Waals surface area contributed by atoms with E-state index in [1.165, 1.54) is 4.90 Å². The number of nitrogens with zero attached hydrogens (tertiary/aromatic N) is 1. The summed E-state index contributed by atoms with van der Waals surface area (Å²) >= 11 is 0. The smallest absolute Gasteiger partial charge is 0.339 e. The molecule has 0 aliphatic carbocycles. The molecule has 8 heteroatoms. The van der Waals surface area contributed by atoms with Gasteiger partial charge in [0.2, 0.25) is 0 Å². The summed E-state index contributed by atoms with van der Waals surface area (Å²) in [4.78, 5) is 13.8. The van der Waals surface area contributed by atoms with E-state index >= 15 is 0 Å². The molecule has 1 aliphatic heterocycles. The fraction of sp³-hybridized carbons (Fsp3) is 0.562. The first-order valence-corrected chi connectivity index (χ1v) is 7.63. The molecule has 3 nitrogen and oxygen atoms in total. The first-order chi connectivity index (χ1) is 10.8. The number of nitrogens with one attached hydrogen (secondary N) is 1. The van der Waals surface area contributed by atoms with Crippen molar-refractivity contribution in [2.45, 2.75) is 25.4 Å². The maximum atomic E-state index is 13.4. The molecule has 1 fully saturated rings. The van der Waals surface area contributed by atoms with Gasteiger partial charge in [0.25, 0.3) is 5.91 Å². The Balaban J connectivity index is 0.00000288. The van der Waals surface area contributed by atoms with E-state index in [0.29, 0.717) is 25.1 Å². The third kappa shape index (κ3) is 5.34. The number of hydrogen-bond acceptors (Lipinski definition) is 2. The lowest BCUT2D eigenvalue weighted by Gasteiger charge is -2.32. The largest absolute Gasteiger partial charge is 0.416 e. The molecule has 1 aliphatic rings. The van der Waals surface area contributed by atoms with Gasteiger partial charge in [0.05, 0.1) is 5.56 Å². The van der Waals surface area contributed by atoms with Crippen molar-refractivity contribution in [2.24, 2.45) is 5.92 Å². The van der Waals surface area contributed by atoms with Crippen LogP contribution in [0.3, 0.4) is 0 Å². The molecule has 136 valence electrons. The zero-order chi connectivity index (χ0) is 17.0. The Kier molecular flexibility index (Phi) is 7.48. The van der Waals surface area contributed by atoms with Crippen LogP contribution in [0.4, 0.5) is 17.6 Å². The van der Waals surface area contributed by atoms with E-state index in [0.717, 1.165) is 37.9 Å². The number of halogens is 5. The molecule has 1 N–H and O–H groups in total. The quantitative estimate of drug-likeness (QED) is 0.821. The van der Waals surface area contributed by atoms with Crippen LogP contribution >= 0.6 is 12.4 Å². The predicted octanol–water partition coefficient (Wildman–Crippen LogP) is 3.73. The Labute approximate surface area is 144 Å². The standard InChI is InChI=1S/C16H20F4N2O.ClH/c1-21-5-2-11-3-6-22(7-4-11)15(23)12-8-13(16(18,19)20)10-14(17)9-12;/h8-11,21H,2-7H2,1H3;1H. The van der Waals surface area contributed by atoms with Crippen LogP contribution in [0.2, 0.25) is 0 Å². The zero-order valence-electron chi connectivity index (χ0n) is 13.3. The van der Waals surface area contributed by atoms with Crippen LogP contribution in [-0.2, 0) is 6.18 Å². The normalized spacial score (nSPS) is 16.0. The van der Waals surface area contributed by atoms with E-state index < -0.39 is 23.5 Å². The Morgan fingerprint density at radius 1 is 1.25 bits per heavy atom. The number of hydrogen-bond donors (Lipinski definition) is 1. The molecule has 0 radical (unpaired) electrons. The second-order valence-corrected chi connectivity index (χ2v) is 5.85. The fourth-order valence-corrected chi connectivity index (χ4v) is 2.83. The lowest BCUT2D eigenvalue weighted by Crippen LogP contribution is -2.39. The summed E-state index contributed by atoms with van der Waals surface area (Å²) < 4.78 is 51.6. The van der Waals surface area contributed by atoms with Crippen molar-refractivity contribution in [2.75, 3.05) is 26.7 Å². The molecule has 2 rings (SSSR count). The van der Waals surface area contributed by atoms with Crippen LogP contribution in [0.15, 0.2) is 18.2 Å². The number of rotatable bonds is 4. The minimum Gasteiger partial charge on any atom is -0.339 e. The molecule has 0 spiro atoms. The van der Waals surface area contributed by atoms with Crippen LogP contribution in [0, 0.1) is 11.7 Å². The molecule has 0 atom stereocenters. The summed E-state index contributed by atoms with van der Waals surface area (Å²) in [5, 5.41) is 3.07. The molecular weight excluding hydrogens is 348 g/mol. The average molecular weight is 369 g/mol. The summed E-state index contributed by atoms with van der Waals surface area (Å²) in [6.45, 7) is 1.88. The van der Waals surface area contributed by atoms with Crippen molar-refractivity contribution in [1.29, 1.82) is 0 Å². The van der Waals surface area contributed by atoms with Gasteiger partial charge < -0.3 is 10.2 Å². The van der Waals surface area contributed by atoms with E-state index in [9.17, 15) is 22.4 Å². The third-order valence-electron chi connectivity index (χ3n) is 4.18. The molecule has 0 aromatic heterocycles. The number of benzene rings is 1. The highest BCUT2D eigenvalue weighted by Gasteiger charge is 2.33. The van der Waals surface area contributed by atoms with Gasteiger partial charge in [0.15, 0.2) is 0 Å². The van der Waals surface area contributed by atoms with Crippen LogP contribution in [0.25, 0.3) is 0 Å². The maximum Gasteiger partial charge on any atom is 0.416 e. The van der Waals surface area contributed by atoms with Gasteiger partial charge >= 0.3 is 6.18 Å². The number of amides is 1. The molecule has 1 aromatic carbocycles. The number of alkyl halides is 3. The summed E-state index contributed by atoms with van der Waals surface area (Å²) in [6.07, 6.45) is -2.03. The van der Waals surface area contributed by atoms with Crippen molar-refractivity contribution < 1.29 is 22.4 Å². The molecule has 1 saturated heterocycles. The first-order valence-electron chi connectivity index (χ1n) is 7.63. The number of carbonyl (C=O) groups is 1. The molecular formula is C16H21ClF4N2O. The fourth-order valence-electron chi connectivity index (χ4n) is 2.83.